The van der Waals surface area contributed by atoms with E-state index < -0.39 is 0 Å². The van der Waals surface area contributed by atoms with Gasteiger partial charge >= 0.3 is 0 Å². The van der Waals surface area contributed by atoms with E-state index in [-0.39, 0.29) is 0 Å². The number of benzene rings is 1. The van der Waals surface area contributed by atoms with Crippen LogP contribution in [-0.4, -0.2) is 37.2 Å². The van der Waals surface area contributed by atoms with Crippen molar-refractivity contribution in [3.63, 3.8) is 0 Å². The van der Waals surface area contributed by atoms with E-state index in [9.17, 15) is 0 Å². The number of nitrogen functional groups attached to an aromatic ring is 1. The zero-order valence-electron chi connectivity index (χ0n) is 12.4. The molecule has 2 fully saturated rings. The molecule has 2 saturated heterocycles. The molecule has 0 aliphatic carbocycles. The van der Waals surface area contributed by atoms with Crippen molar-refractivity contribution in [2.75, 3.05) is 25.2 Å². The van der Waals surface area contributed by atoms with E-state index in [0.29, 0.717) is 11.7 Å². The zero-order chi connectivity index (χ0) is 14.1. The minimum absolute atomic E-state index is 0.565. The number of nitrogens with two attached hydrogens (primary N) is 1. The molecule has 0 amide bonds. The molecule has 110 valence electrons. The molecule has 2 atom stereocenters. The van der Waals surface area contributed by atoms with Crippen molar-refractivity contribution < 1.29 is 4.74 Å². The van der Waals surface area contributed by atoms with E-state index in [1.165, 1.54) is 32.1 Å². The smallest absolute Gasteiger partial charge is 0.143 e. The van der Waals surface area contributed by atoms with Crippen LogP contribution in [0.15, 0.2) is 18.2 Å². The number of rotatable bonds is 3. The van der Waals surface area contributed by atoms with Crippen LogP contribution in [0.1, 0.15) is 32.1 Å². The predicted octanol–water partition coefficient (Wildman–Crippen LogP) is 2.70. The highest BCUT2D eigenvalue weighted by molar-refractivity contribution is 5.61. The molecule has 20 heavy (non-hydrogen) atoms. The molecule has 1 aromatic rings. The van der Waals surface area contributed by atoms with Gasteiger partial charge in [0.25, 0.3) is 0 Å². The Balaban J connectivity index is 1.69. The number of piperidine rings is 2. The van der Waals surface area contributed by atoms with Gasteiger partial charge in [-0.25, -0.2) is 0 Å². The summed E-state index contributed by atoms with van der Waals surface area (Å²) in [5.41, 5.74) is 7.67. The van der Waals surface area contributed by atoms with E-state index >= 15 is 0 Å². The number of ether oxygens (including phenoxy) is 1. The fourth-order valence-corrected chi connectivity index (χ4v) is 3.77. The molecule has 0 aromatic heterocycles. The summed E-state index contributed by atoms with van der Waals surface area (Å²) in [6.45, 7) is 0. The Morgan fingerprint density at radius 3 is 2.60 bits per heavy atom. The highest BCUT2D eigenvalue weighted by Gasteiger charge is 2.35. The summed E-state index contributed by atoms with van der Waals surface area (Å²) in [5.74, 6) is 0.753. The summed E-state index contributed by atoms with van der Waals surface area (Å²) in [5, 5.41) is 3.67. The molecule has 2 aliphatic heterocycles. The number of nitrogens with one attached hydrogen (secondary N) is 1. The van der Waals surface area contributed by atoms with Gasteiger partial charge in [-0.15, -0.1) is 0 Å². The number of nitrogens with zero attached hydrogens (tertiary/aromatic N) is 1. The molecular weight excluding hydrogens is 250 g/mol. The second-order valence-corrected chi connectivity index (χ2v) is 6.17. The lowest BCUT2D eigenvalue weighted by molar-refractivity contribution is 0.0608. The van der Waals surface area contributed by atoms with E-state index in [0.717, 1.165) is 23.5 Å². The molecule has 4 nitrogen and oxygen atoms in total. The van der Waals surface area contributed by atoms with Crippen LogP contribution in [0, 0.1) is 0 Å². The van der Waals surface area contributed by atoms with Crippen molar-refractivity contribution in [1.82, 2.24) is 4.90 Å². The van der Waals surface area contributed by atoms with Gasteiger partial charge in [-0.05, 0) is 44.9 Å². The monoisotopic (exact) mass is 275 g/mol. The van der Waals surface area contributed by atoms with Crippen LogP contribution >= 0.6 is 0 Å². The summed E-state index contributed by atoms with van der Waals surface area (Å²) in [6.07, 6.45) is 6.55. The van der Waals surface area contributed by atoms with Gasteiger partial charge < -0.3 is 20.7 Å². The van der Waals surface area contributed by atoms with E-state index in [4.69, 9.17) is 10.5 Å². The van der Waals surface area contributed by atoms with Crippen LogP contribution in [0.25, 0.3) is 0 Å². The molecule has 2 aliphatic rings. The van der Waals surface area contributed by atoms with Gasteiger partial charge in [-0.3, -0.25) is 0 Å². The van der Waals surface area contributed by atoms with Crippen molar-refractivity contribution >= 4 is 11.4 Å². The van der Waals surface area contributed by atoms with Crippen LogP contribution < -0.4 is 15.8 Å². The summed E-state index contributed by atoms with van der Waals surface area (Å²) in [6, 6.07) is 8.02. The van der Waals surface area contributed by atoms with Gasteiger partial charge in [0, 0.05) is 29.9 Å². The maximum Gasteiger partial charge on any atom is 0.143 e. The van der Waals surface area contributed by atoms with E-state index in [1.54, 1.807) is 7.11 Å². The normalized spacial score (nSPS) is 30.0. The van der Waals surface area contributed by atoms with Crippen LogP contribution in [0.2, 0.25) is 0 Å². The molecule has 0 spiro atoms. The Labute approximate surface area is 121 Å². The zero-order valence-corrected chi connectivity index (χ0v) is 12.4. The first-order valence-corrected chi connectivity index (χ1v) is 7.59. The molecule has 1 aromatic carbocycles. The van der Waals surface area contributed by atoms with E-state index in [2.05, 4.69) is 17.3 Å². The first-order valence-electron chi connectivity index (χ1n) is 7.59. The maximum absolute atomic E-state index is 5.87. The van der Waals surface area contributed by atoms with Crippen LogP contribution in [0.4, 0.5) is 11.4 Å². The Bertz CT molecular complexity index is 463. The first-order chi connectivity index (χ1) is 9.67. The van der Waals surface area contributed by atoms with Gasteiger partial charge in [0.1, 0.15) is 5.75 Å². The molecule has 2 unspecified atom stereocenters. The Kier molecular flexibility index (Phi) is 3.74. The van der Waals surface area contributed by atoms with Crippen molar-refractivity contribution in [1.29, 1.82) is 0 Å². The minimum atomic E-state index is 0.565. The molecule has 3 N–H and O–H groups in total. The van der Waals surface area contributed by atoms with Gasteiger partial charge in [0.2, 0.25) is 0 Å². The SMILES string of the molecule is COc1cc(NC2CC3CCCC(C2)N3C)ccc1N. The molecule has 2 bridgehead atoms. The predicted molar refractivity (Wildman–Crippen MR) is 83.2 cm³/mol. The molecular formula is C16H25N3O. The highest BCUT2D eigenvalue weighted by atomic mass is 16.5. The number of anilines is 2. The Morgan fingerprint density at radius 2 is 1.95 bits per heavy atom. The molecule has 3 rings (SSSR count). The van der Waals surface area contributed by atoms with Crippen molar-refractivity contribution in [3.8, 4) is 5.75 Å². The van der Waals surface area contributed by atoms with Crippen molar-refractivity contribution in [3.05, 3.63) is 18.2 Å². The Hall–Kier alpha value is -1.42. The van der Waals surface area contributed by atoms with Crippen molar-refractivity contribution in [2.24, 2.45) is 0 Å². The largest absolute Gasteiger partial charge is 0.495 e. The molecule has 2 heterocycles. The minimum Gasteiger partial charge on any atom is -0.495 e. The summed E-state index contributed by atoms with van der Waals surface area (Å²) in [4.78, 5) is 2.59. The van der Waals surface area contributed by atoms with Gasteiger partial charge in [0.05, 0.1) is 12.8 Å². The van der Waals surface area contributed by atoms with Crippen LogP contribution in [0.3, 0.4) is 0 Å². The third-order valence-electron chi connectivity index (χ3n) is 4.94. The fraction of sp³-hybridized carbons (Fsp3) is 0.625. The average Bonchev–Trinajstić information content (AvgIpc) is 2.42. The van der Waals surface area contributed by atoms with Gasteiger partial charge in [-0.1, -0.05) is 6.42 Å². The molecule has 0 radical (unpaired) electrons. The third kappa shape index (κ3) is 2.57. The Morgan fingerprint density at radius 1 is 1.25 bits per heavy atom. The summed E-state index contributed by atoms with van der Waals surface area (Å²) < 4.78 is 5.29. The van der Waals surface area contributed by atoms with Crippen LogP contribution in [-0.2, 0) is 0 Å². The topological polar surface area (TPSA) is 50.5 Å². The van der Waals surface area contributed by atoms with Crippen LogP contribution in [0.5, 0.6) is 5.75 Å². The quantitative estimate of drug-likeness (QED) is 0.833. The number of hydrogen-bond donors (Lipinski definition) is 2. The van der Waals surface area contributed by atoms with Gasteiger partial charge in [-0.2, -0.15) is 0 Å². The van der Waals surface area contributed by atoms with Gasteiger partial charge in [0.15, 0.2) is 0 Å². The third-order valence-corrected chi connectivity index (χ3v) is 4.94. The lowest BCUT2D eigenvalue weighted by atomic mass is 9.82. The standard InChI is InChI=1S/C16H25N3O/c1-19-13-4-3-5-14(19)9-12(8-13)18-11-6-7-15(17)16(10-11)20-2/h6-7,10,12-14,18H,3-5,8-9,17H2,1-2H3. The lowest BCUT2D eigenvalue weighted by Gasteiger charge is -2.47. The second-order valence-electron chi connectivity index (χ2n) is 6.17. The number of fused-ring (bicyclic) bond motifs is 2. The maximum atomic E-state index is 5.87. The molecule has 4 heteroatoms. The summed E-state index contributed by atoms with van der Waals surface area (Å²) >= 11 is 0. The second kappa shape index (κ2) is 5.52. The average molecular weight is 275 g/mol. The van der Waals surface area contributed by atoms with E-state index in [1.807, 2.05) is 18.2 Å². The fourth-order valence-electron chi connectivity index (χ4n) is 3.77. The number of hydrogen-bond acceptors (Lipinski definition) is 4. The highest BCUT2D eigenvalue weighted by Crippen LogP contribution is 2.34. The van der Waals surface area contributed by atoms with Crippen molar-refractivity contribution in [2.45, 2.75) is 50.2 Å². The lowest BCUT2D eigenvalue weighted by Crippen LogP contribution is -2.52. The summed E-state index contributed by atoms with van der Waals surface area (Å²) in [7, 11) is 3.95. The number of methoxy groups -OCH3 is 1. The first kappa shape index (κ1) is 13.6. The molecule has 0 saturated carbocycles.